The summed E-state index contributed by atoms with van der Waals surface area (Å²) < 4.78 is 8.17. The molecule has 0 aliphatic carbocycles. The van der Waals surface area contributed by atoms with Gasteiger partial charge in [0, 0.05) is 136 Å². The Labute approximate surface area is 751 Å². The predicted octanol–water partition coefficient (Wildman–Crippen LogP) is 34.2. The Morgan fingerprint density at radius 1 is 0.195 bits per heavy atom. The second-order valence-corrected chi connectivity index (χ2v) is 37.9. The van der Waals surface area contributed by atoms with Crippen molar-refractivity contribution in [3.63, 3.8) is 0 Å². The van der Waals surface area contributed by atoms with E-state index in [-0.39, 0.29) is 5.41 Å². The van der Waals surface area contributed by atoms with Gasteiger partial charge in [-0.05, 0) is 174 Å². The lowest BCUT2D eigenvalue weighted by Crippen LogP contribution is -2.10. The summed E-state index contributed by atoms with van der Waals surface area (Å²) in [4.78, 5) is 28.2. The predicted molar refractivity (Wildman–Crippen MR) is 551 cm³/mol. The fourth-order valence-electron chi connectivity index (χ4n) is 19.9. The van der Waals surface area contributed by atoms with Gasteiger partial charge in [0.2, 0.25) is 0 Å². The SMILES string of the molecule is CC(C)(C)c1cccc2c1sc1c(-c3cccc(-c4ccc5c(c4)c4ccccc4c4nccnc54)c3)cccc12.CC(C)c1cccc2c1sc1c(-c3cccc(-c4ccc5c(c4)c4ccccc4c4nccnc54)c3)cccc12.c1cc(-c2ccc3c(c2)c2ccccc2c2nccnc32)cc(-c2cccc3c2sc2c(-c4cccc5ccccc45)cccc23)c1. The average molecular weight is 1690 g/mol. The number of aromatic nitrogens is 6. The van der Waals surface area contributed by atoms with Crippen LogP contribution in [0.5, 0.6) is 0 Å². The number of thiophene rings is 3. The molecular formula is C119H80N6S3. The Hall–Kier alpha value is -15.1. The second kappa shape index (κ2) is 30.9. The number of fused-ring (bicyclic) bond motifs is 28. The summed E-state index contributed by atoms with van der Waals surface area (Å²) in [6.45, 7) is 11.5. The maximum Gasteiger partial charge on any atom is 0.0971 e. The van der Waals surface area contributed by atoms with E-state index in [1.54, 1.807) is 37.2 Å². The number of hydrogen-bond acceptors (Lipinski definition) is 9. The van der Waals surface area contributed by atoms with E-state index in [0.29, 0.717) is 5.92 Å². The van der Waals surface area contributed by atoms with Crippen LogP contribution in [0.2, 0.25) is 0 Å². The fraction of sp³-hybridized carbons (Fsp3) is 0.0588. The van der Waals surface area contributed by atoms with E-state index in [0.717, 1.165) is 65.4 Å². The maximum atomic E-state index is 4.74. The van der Waals surface area contributed by atoms with E-state index in [1.165, 1.54) is 193 Å². The molecule has 128 heavy (non-hydrogen) atoms. The molecular weight excluding hydrogens is 1610 g/mol. The van der Waals surface area contributed by atoms with E-state index < -0.39 is 0 Å². The number of hydrogen-bond donors (Lipinski definition) is 0. The third-order valence-corrected chi connectivity index (χ3v) is 29.8. The summed E-state index contributed by atoms with van der Waals surface area (Å²) >= 11 is 5.77. The van der Waals surface area contributed by atoms with Gasteiger partial charge in [-0.1, -0.05) is 350 Å². The first-order valence-electron chi connectivity index (χ1n) is 43.8. The van der Waals surface area contributed by atoms with E-state index >= 15 is 0 Å². The molecule has 0 N–H and O–H groups in total. The first-order valence-corrected chi connectivity index (χ1v) is 46.2. The molecule has 26 rings (SSSR count). The van der Waals surface area contributed by atoms with Crippen molar-refractivity contribution in [3.05, 3.63) is 400 Å². The lowest BCUT2D eigenvalue weighted by Gasteiger charge is -2.19. The summed E-state index contributed by atoms with van der Waals surface area (Å²) in [6, 6.07) is 129. The smallest absolute Gasteiger partial charge is 0.0971 e. The molecule has 0 unspecified atom stereocenters. The van der Waals surface area contributed by atoms with Crippen LogP contribution in [0, 0.1) is 0 Å². The van der Waals surface area contributed by atoms with E-state index in [1.807, 2.05) is 34.0 Å². The average Bonchev–Trinajstić information content (AvgIpc) is 1.45. The minimum atomic E-state index is 0.0949. The van der Waals surface area contributed by atoms with Crippen molar-refractivity contribution >= 4 is 203 Å². The van der Waals surface area contributed by atoms with Crippen molar-refractivity contribution in [3.8, 4) is 77.9 Å². The van der Waals surface area contributed by atoms with E-state index in [4.69, 9.17) is 19.9 Å². The molecule has 0 atom stereocenters. The van der Waals surface area contributed by atoms with Crippen LogP contribution in [0.25, 0.3) is 247 Å². The van der Waals surface area contributed by atoms with Gasteiger partial charge in [0.05, 0.1) is 33.1 Å². The van der Waals surface area contributed by atoms with Crippen molar-refractivity contribution in [1.82, 2.24) is 29.9 Å². The van der Waals surface area contributed by atoms with Crippen molar-refractivity contribution in [2.24, 2.45) is 0 Å². The highest BCUT2D eigenvalue weighted by Crippen LogP contribution is 2.50. The molecule has 6 nitrogen and oxygen atoms in total. The van der Waals surface area contributed by atoms with Crippen LogP contribution in [-0.2, 0) is 5.41 Å². The van der Waals surface area contributed by atoms with Crippen LogP contribution in [0.1, 0.15) is 51.7 Å². The minimum absolute atomic E-state index is 0.0949. The zero-order valence-corrected chi connectivity index (χ0v) is 73.4. The Kier molecular flexibility index (Phi) is 18.5. The molecule has 6 aromatic heterocycles. The Balaban J connectivity index is 0.000000107. The molecule has 0 saturated carbocycles. The maximum absolute atomic E-state index is 4.74. The van der Waals surface area contributed by atoms with Crippen molar-refractivity contribution in [2.75, 3.05) is 0 Å². The summed E-state index contributed by atoms with van der Waals surface area (Å²) in [5.41, 5.74) is 26.0. The molecule has 0 aliphatic heterocycles. The van der Waals surface area contributed by atoms with Gasteiger partial charge in [-0.3, -0.25) is 29.9 Å². The second-order valence-electron chi connectivity index (χ2n) is 34.8. The lowest BCUT2D eigenvalue weighted by molar-refractivity contribution is 0.597. The van der Waals surface area contributed by atoms with E-state index in [9.17, 15) is 0 Å². The fourth-order valence-corrected chi connectivity index (χ4v) is 24.3. The normalized spacial score (nSPS) is 12.0. The molecule has 0 spiro atoms. The first-order chi connectivity index (χ1) is 63.0. The molecule has 26 aromatic rings. The van der Waals surface area contributed by atoms with Gasteiger partial charge in [-0.25, -0.2) is 0 Å². The number of benzene rings is 20. The molecule has 6 heterocycles. The van der Waals surface area contributed by atoms with Gasteiger partial charge in [-0.15, -0.1) is 34.0 Å². The Bertz CT molecular complexity index is 8970. The monoisotopic (exact) mass is 1690 g/mol. The van der Waals surface area contributed by atoms with E-state index in [2.05, 4.69) is 396 Å². The van der Waals surface area contributed by atoms with Gasteiger partial charge >= 0.3 is 0 Å². The standard InChI is InChI=1S/C44H26N2S.C38H28N2S.C37H26N2S/c1-2-13-31-27(9-1)10-6-17-33(31)37-18-8-20-39-38-19-7-16-32(43(38)47-44(37)39)30-12-5-11-28(25-30)29-21-22-36-40(26-29)34-14-3-4-15-35(34)41-42(36)46-24-23-45-41;1-38(2,3)33-16-8-15-31-30-14-7-13-26(36(30)41-37(31)33)25-10-6-9-23(21-25)24-17-18-29-32(22-24)27-11-4-5-12-28(27)34-35(29)40-20-19-39-34;1-22(2)26-12-6-14-31-32-15-7-13-27(37(32)40-36(26)31)25-9-5-8-23(20-25)24-16-17-30-33(21-24)28-10-3-4-11-29(28)34-35(30)39-19-18-38-34/h1-26H;4-22H,1-3H3;3-22H,1-2H3. The van der Waals surface area contributed by atoms with Crippen molar-refractivity contribution in [2.45, 2.75) is 46.0 Å². The molecule has 604 valence electrons. The van der Waals surface area contributed by atoms with Crippen LogP contribution in [0.3, 0.4) is 0 Å². The first kappa shape index (κ1) is 76.5. The van der Waals surface area contributed by atoms with Crippen LogP contribution in [0.15, 0.2) is 389 Å². The quantitative estimate of drug-likeness (QED) is 0.141. The summed E-state index contributed by atoms with van der Waals surface area (Å²) in [7, 11) is 0. The third kappa shape index (κ3) is 12.8. The zero-order chi connectivity index (χ0) is 85.4. The number of rotatable bonds is 8. The molecule has 9 heteroatoms. The highest BCUT2D eigenvalue weighted by molar-refractivity contribution is 7.27. The number of nitrogens with zero attached hydrogens (tertiary/aromatic N) is 6. The molecule has 0 fully saturated rings. The molecule has 0 saturated heterocycles. The van der Waals surface area contributed by atoms with Gasteiger partial charge in [-0.2, -0.15) is 0 Å². The molecule has 0 radical (unpaired) electrons. The largest absolute Gasteiger partial charge is 0.252 e. The lowest BCUT2D eigenvalue weighted by atomic mass is 9.86. The molecule has 0 aliphatic rings. The Morgan fingerprint density at radius 2 is 0.461 bits per heavy atom. The molecule has 0 amide bonds. The van der Waals surface area contributed by atoms with Crippen LogP contribution < -0.4 is 0 Å². The van der Waals surface area contributed by atoms with Crippen LogP contribution in [-0.4, -0.2) is 29.9 Å². The summed E-state index contributed by atoms with van der Waals surface area (Å²) in [5.74, 6) is 0.496. The van der Waals surface area contributed by atoms with Gasteiger partial charge in [0.15, 0.2) is 0 Å². The summed E-state index contributed by atoms with van der Waals surface area (Å²) in [5, 5.41) is 24.6. The Morgan fingerprint density at radius 3 is 0.859 bits per heavy atom. The van der Waals surface area contributed by atoms with Crippen molar-refractivity contribution in [1.29, 1.82) is 0 Å². The van der Waals surface area contributed by atoms with Gasteiger partial charge in [0.1, 0.15) is 0 Å². The van der Waals surface area contributed by atoms with Gasteiger partial charge < -0.3 is 0 Å². The molecule has 0 bridgehead atoms. The molecule has 20 aromatic carbocycles. The third-order valence-electron chi connectivity index (χ3n) is 26.0. The summed E-state index contributed by atoms with van der Waals surface area (Å²) in [6.07, 6.45) is 10.7. The van der Waals surface area contributed by atoms with Crippen molar-refractivity contribution < 1.29 is 0 Å². The minimum Gasteiger partial charge on any atom is -0.252 e. The van der Waals surface area contributed by atoms with Gasteiger partial charge in [0.25, 0.3) is 0 Å². The van der Waals surface area contributed by atoms with Crippen LogP contribution in [0.4, 0.5) is 0 Å². The zero-order valence-electron chi connectivity index (χ0n) is 70.9. The van der Waals surface area contributed by atoms with Crippen LogP contribution >= 0.6 is 34.0 Å². The highest BCUT2D eigenvalue weighted by Gasteiger charge is 2.24. The highest BCUT2D eigenvalue weighted by atomic mass is 32.1. The topological polar surface area (TPSA) is 77.3 Å².